The van der Waals surface area contributed by atoms with Crippen LogP contribution in [0.4, 0.5) is 0 Å². The first-order valence-corrected chi connectivity index (χ1v) is 8.47. The molecule has 0 radical (unpaired) electrons. The number of aromatic nitrogens is 3. The molecule has 2 N–H and O–H groups in total. The van der Waals surface area contributed by atoms with E-state index in [0.29, 0.717) is 0 Å². The minimum absolute atomic E-state index is 0.782. The maximum atomic E-state index is 6.10. The second kappa shape index (κ2) is 6.77. The highest BCUT2D eigenvalue weighted by Gasteiger charge is 2.10. The molecule has 23 heavy (non-hydrogen) atoms. The van der Waals surface area contributed by atoms with Crippen LogP contribution >= 0.6 is 11.6 Å². The maximum Gasteiger partial charge on any atom is 0.0641 e. The molecule has 0 fully saturated rings. The molecule has 0 bridgehead atoms. The molecule has 0 amide bonds. The van der Waals surface area contributed by atoms with Crippen molar-refractivity contribution in [1.82, 2.24) is 20.1 Å². The summed E-state index contributed by atoms with van der Waals surface area (Å²) in [5.41, 5.74) is 6.13. The molecule has 3 rings (SSSR count). The first-order valence-electron chi connectivity index (χ1n) is 8.09. The zero-order valence-electron chi connectivity index (χ0n) is 13.9. The monoisotopic (exact) mass is 330 g/mol. The third kappa shape index (κ3) is 3.28. The Kier molecular flexibility index (Phi) is 4.74. The topological polar surface area (TPSA) is 45.6 Å². The Labute approximate surface area is 141 Å². The summed E-state index contributed by atoms with van der Waals surface area (Å²) < 4.78 is 2.06. The van der Waals surface area contributed by atoms with Gasteiger partial charge in [-0.2, -0.15) is 5.10 Å². The van der Waals surface area contributed by atoms with E-state index in [4.69, 9.17) is 11.6 Å². The van der Waals surface area contributed by atoms with Gasteiger partial charge in [-0.15, -0.1) is 0 Å². The van der Waals surface area contributed by atoms with E-state index in [1.54, 1.807) is 0 Å². The Morgan fingerprint density at radius 2 is 2.13 bits per heavy atom. The lowest BCUT2D eigenvalue weighted by Gasteiger charge is -2.06. The van der Waals surface area contributed by atoms with Crippen LogP contribution in [0.15, 0.2) is 24.4 Å². The normalized spacial score (nSPS) is 11.5. The average molecular weight is 331 g/mol. The number of nitrogens with one attached hydrogen (secondary N) is 2. The fourth-order valence-electron chi connectivity index (χ4n) is 3.09. The second-order valence-electron chi connectivity index (χ2n) is 5.90. The largest absolute Gasteiger partial charge is 0.361 e. The predicted molar refractivity (Wildman–Crippen MR) is 96.1 cm³/mol. The maximum absolute atomic E-state index is 6.10. The molecule has 4 nitrogen and oxygen atoms in total. The van der Waals surface area contributed by atoms with Crippen LogP contribution in [0.5, 0.6) is 0 Å². The Balaban J connectivity index is 1.61. The van der Waals surface area contributed by atoms with Gasteiger partial charge in [-0.25, -0.2) is 0 Å². The zero-order valence-corrected chi connectivity index (χ0v) is 14.7. The smallest absolute Gasteiger partial charge is 0.0641 e. The number of fused-ring (bicyclic) bond motifs is 1. The van der Waals surface area contributed by atoms with Gasteiger partial charge in [0.1, 0.15) is 0 Å². The van der Waals surface area contributed by atoms with E-state index in [1.807, 2.05) is 18.2 Å². The lowest BCUT2D eigenvalue weighted by Crippen LogP contribution is -2.17. The SMILES string of the molecule is CCn1nc(C)c(CNCCc2c[nH]c3ccc(Cl)cc23)c1C. The van der Waals surface area contributed by atoms with Crippen LogP contribution < -0.4 is 5.32 Å². The van der Waals surface area contributed by atoms with Crippen LogP contribution in [-0.2, 0) is 19.5 Å². The summed E-state index contributed by atoms with van der Waals surface area (Å²) in [5.74, 6) is 0. The van der Waals surface area contributed by atoms with E-state index in [-0.39, 0.29) is 0 Å². The fraction of sp³-hybridized carbons (Fsp3) is 0.389. The second-order valence-corrected chi connectivity index (χ2v) is 6.33. The van der Waals surface area contributed by atoms with Crippen molar-refractivity contribution in [3.63, 3.8) is 0 Å². The summed E-state index contributed by atoms with van der Waals surface area (Å²) in [6.45, 7) is 9.05. The standard InChI is InChI=1S/C18H23ClN4/c1-4-23-13(3)17(12(2)22-23)11-20-8-7-14-10-21-18-6-5-15(19)9-16(14)18/h5-6,9-10,20-21H,4,7-8,11H2,1-3H3. The minimum Gasteiger partial charge on any atom is -0.361 e. The number of aryl methyl sites for hydroxylation is 2. The fourth-order valence-corrected chi connectivity index (χ4v) is 3.26. The molecule has 1 aromatic carbocycles. The van der Waals surface area contributed by atoms with Crippen LogP contribution in [0.25, 0.3) is 10.9 Å². The summed E-state index contributed by atoms with van der Waals surface area (Å²) in [4.78, 5) is 3.30. The van der Waals surface area contributed by atoms with Gasteiger partial charge in [0.05, 0.1) is 5.69 Å². The molecule has 2 heterocycles. The van der Waals surface area contributed by atoms with Crippen molar-refractivity contribution in [2.24, 2.45) is 0 Å². The first kappa shape index (κ1) is 16.1. The van der Waals surface area contributed by atoms with Gasteiger partial charge in [0.15, 0.2) is 0 Å². The summed E-state index contributed by atoms with van der Waals surface area (Å²) in [6.07, 6.45) is 3.05. The van der Waals surface area contributed by atoms with Crippen LogP contribution in [0.3, 0.4) is 0 Å². The number of hydrogen-bond acceptors (Lipinski definition) is 2. The highest BCUT2D eigenvalue weighted by Crippen LogP contribution is 2.22. The summed E-state index contributed by atoms with van der Waals surface area (Å²) in [7, 11) is 0. The van der Waals surface area contributed by atoms with E-state index in [2.05, 4.69) is 47.0 Å². The van der Waals surface area contributed by atoms with Gasteiger partial charge in [0, 0.05) is 46.5 Å². The number of halogens is 1. The number of hydrogen-bond donors (Lipinski definition) is 2. The summed E-state index contributed by atoms with van der Waals surface area (Å²) in [5, 5.41) is 10.1. The van der Waals surface area contributed by atoms with Crippen molar-refractivity contribution in [2.45, 2.75) is 40.3 Å². The number of H-pyrrole nitrogens is 1. The van der Waals surface area contributed by atoms with Crippen LogP contribution in [0, 0.1) is 13.8 Å². The molecular formula is C18H23ClN4. The molecule has 0 saturated carbocycles. The lowest BCUT2D eigenvalue weighted by atomic mass is 10.1. The van der Waals surface area contributed by atoms with Crippen molar-refractivity contribution < 1.29 is 0 Å². The Bertz CT molecular complexity index is 816. The molecule has 3 aromatic rings. The Morgan fingerprint density at radius 1 is 1.30 bits per heavy atom. The van der Waals surface area contributed by atoms with Crippen molar-refractivity contribution >= 4 is 22.5 Å². The van der Waals surface area contributed by atoms with Crippen LogP contribution in [0.1, 0.15) is 29.4 Å². The van der Waals surface area contributed by atoms with Gasteiger partial charge in [-0.1, -0.05) is 11.6 Å². The van der Waals surface area contributed by atoms with Gasteiger partial charge in [-0.05, 0) is 57.5 Å². The third-order valence-corrected chi connectivity index (χ3v) is 4.67. The molecule has 0 unspecified atom stereocenters. The molecule has 0 atom stereocenters. The van der Waals surface area contributed by atoms with Gasteiger partial charge in [0.2, 0.25) is 0 Å². The van der Waals surface area contributed by atoms with Crippen LogP contribution in [0.2, 0.25) is 5.02 Å². The lowest BCUT2D eigenvalue weighted by molar-refractivity contribution is 0.630. The predicted octanol–water partition coefficient (Wildman–Crippen LogP) is 3.99. The Hall–Kier alpha value is -1.78. The first-order chi connectivity index (χ1) is 11.1. The van der Waals surface area contributed by atoms with Crippen LogP contribution in [-0.4, -0.2) is 21.3 Å². The molecule has 122 valence electrons. The average Bonchev–Trinajstić information content (AvgIpc) is 3.05. The molecular weight excluding hydrogens is 308 g/mol. The van der Waals surface area contributed by atoms with Gasteiger partial charge >= 0.3 is 0 Å². The van der Waals surface area contributed by atoms with E-state index >= 15 is 0 Å². The number of benzene rings is 1. The molecule has 5 heteroatoms. The minimum atomic E-state index is 0.782. The van der Waals surface area contributed by atoms with Crippen molar-refractivity contribution in [3.8, 4) is 0 Å². The molecule has 2 aromatic heterocycles. The summed E-state index contributed by atoms with van der Waals surface area (Å²) >= 11 is 6.10. The van der Waals surface area contributed by atoms with E-state index < -0.39 is 0 Å². The number of nitrogens with zero attached hydrogens (tertiary/aromatic N) is 2. The van der Waals surface area contributed by atoms with E-state index in [1.165, 1.54) is 22.2 Å². The quantitative estimate of drug-likeness (QED) is 0.671. The van der Waals surface area contributed by atoms with Gasteiger partial charge in [-0.3, -0.25) is 4.68 Å². The summed E-state index contributed by atoms with van der Waals surface area (Å²) in [6, 6.07) is 5.97. The molecule has 0 aliphatic carbocycles. The number of rotatable bonds is 6. The highest BCUT2D eigenvalue weighted by atomic mass is 35.5. The van der Waals surface area contributed by atoms with Crippen molar-refractivity contribution in [1.29, 1.82) is 0 Å². The molecule has 0 aliphatic rings. The number of aromatic amines is 1. The molecule has 0 aliphatic heterocycles. The van der Waals surface area contributed by atoms with E-state index in [9.17, 15) is 0 Å². The highest BCUT2D eigenvalue weighted by molar-refractivity contribution is 6.31. The molecule has 0 saturated heterocycles. The van der Waals surface area contributed by atoms with Crippen molar-refractivity contribution in [3.05, 3.63) is 51.9 Å². The van der Waals surface area contributed by atoms with E-state index in [0.717, 1.165) is 42.3 Å². The van der Waals surface area contributed by atoms with Crippen molar-refractivity contribution in [2.75, 3.05) is 6.54 Å². The molecule has 0 spiro atoms. The zero-order chi connectivity index (χ0) is 16.4. The van der Waals surface area contributed by atoms with Gasteiger partial charge < -0.3 is 10.3 Å². The third-order valence-electron chi connectivity index (χ3n) is 4.43. The Morgan fingerprint density at radius 3 is 2.87 bits per heavy atom. The van der Waals surface area contributed by atoms with Gasteiger partial charge in [0.25, 0.3) is 0 Å².